The Morgan fingerprint density at radius 2 is 1.97 bits per heavy atom. The van der Waals surface area contributed by atoms with Gasteiger partial charge in [-0.3, -0.25) is 10.1 Å². The first-order chi connectivity index (χ1) is 15.7. The number of sulfonamides is 1. The summed E-state index contributed by atoms with van der Waals surface area (Å²) in [5.41, 5.74) is 1.99. The Morgan fingerprint density at radius 1 is 1.18 bits per heavy atom. The molecule has 0 aliphatic heterocycles. The normalized spacial score (nSPS) is 11.6. The second kappa shape index (κ2) is 9.35. The molecule has 2 heterocycles. The molecule has 0 spiro atoms. The molecular weight excluding hydrogens is 488 g/mol. The number of halogens is 1. The van der Waals surface area contributed by atoms with Gasteiger partial charge in [-0.2, -0.15) is 9.29 Å². The third-order valence-electron chi connectivity index (χ3n) is 4.45. The molecule has 0 aliphatic rings. The van der Waals surface area contributed by atoms with E-state index < -0.39 is 15.9 Å². The molecule has 0 atom stereocenters. The highest BCUT2D eigenvalue weighted by atomic mass is 35.5. The molecule has 0 saturated heterocycles. The van der Waals surface area contributed by atoms with E-state index in [1.54, 1.807) is 42.5 Å². The van der Waals surface area contributed by atoms with Crippen molar-refractivity contribution < 1.29 is 17.7 Å². The highest BCUT2D eigenvalue weighted by Gasteiger charge is 2.28. The van der Waals surface area contributed by atoms with Crippen molar-refractivity contribution in [2.75, 3.05) is 12.4 Å². The molecule has 0 fully saturated rings. The molecular formula is C20H17ClN6O4S2. The molecule has 0 bridgehead atoms. The van der Waals surface area contributed by atoms with Crippen LogP contribution >= 0.6 is 22.9 Å². The Hall–Kier alpha value is -3.19. The van der Waals surface area contributed by atoms with Gasteiger partial charge in [0, 0.05) is 23.2 Å². The molecule has 2 aromatic heterocycles. The maximum Gasteiger partial charge on any atom is 0.272 e. The molecule has 0 unspecified atom stereocenters. The Bertz CT molecular complexity index is 1420. The zero-order chi connectivity index (χ0) is 23.6. The van der Waals surface area contributed by atoms with Gasteiger partial charge in [0.1, 0.15) is 0 Å². The lowest BCUT2D eigenvalue weighted by Gasteiger charge is -2.11. The predicted molar refractivity (Wildman–Crippen MR) is 122 cm³/mol. The second-order valence-electron chi connectivity index (χ2n) is 6.98. The van der Waals surface area contributed by atoms with E-state index in [0.29, 0.717) is 16.1 Å². The molecule has 13 heteroatoms. The third kappa shape index (κ3) is 5.25. The zero-order valence-corrected chi connectivity index (χ0v) is 19.8. The van der Waals surface area contributed by atoms with Crippen LogP contribution < -0.4 is 5.32 Å². The lowest BCUT2D eigenvalue weighted by Crippen LogP contribution is -2.26. The fourth-order valence-electron chi connectivity index (χ4n) is 2.79. The van der Waals surface area contributed by atoms with Gasteiger partial charge >= 0.3 is 0 Å². The van der Waals surface area contributed by atoms with Crippen molar-refractivity contribution in [3.63, 3.8) is 0 Å². The van der Waals surface area contributed by atoms with Crippen LogP contribution in [0.4, 0.5) is 5.13 Å². The van der Waals surface area contributed by atoms with Gasteiger partial charge in [-0.15, -0.1) is 10.2 Å². The van der Waals surface area contributed by atoms with E-state index in [-0.39, 0.29) is 27.7 Å². The van der Waals surface area contributed by atoms with Gasteiger partial charge < -0.3 is 4.52 Å². The number of amides is 1. The fourth-order valence-corrected chi connectivity index (χ4v) is 5.19. The SMILES string of the molecule is Cc1cccc(C(=O)Nc2nnc(S(=O)(=O)N(C)Cc3nc(-c4cccc(Cl)c4)no3)s2)c1. The molecule has 0 saturated carbocycles. The molecule has 0 aliphatic carbocycles. The lowest BCUT2D eigenvalue weighted by molar-refractivity contribution is 0.102. The molecule has 1 N–H and O–H groups in total. The molecule has 4 rings (SSSR count). The average molecular weight is 505 g/mol. The first-order valence-electron chi connectivity index (χ1n) is 9.49. The van der Waals surface area contributed by atoms with E-state index >= 15 is 0 Å². The van der Waals surface area contributed by atoms with E-state index in [1.807, 2.05) is 13.0 Å². The number of aryl methyl sites for hydroxylation is 1. The standard InChI is InChI=1S/C20H17ClN6O4S2/c1-12-5-3-7-14(9-12)18(28)23-19-24-25-20(32-19)33(29,30)27(2)11-16-22-17(26-31-16)13-6-4-8-15(21)10-13/h3-10H,11H2,1-2H3,(H,23,24,28). The number of nitrogens with zero attached hydrogens (tertiary/aromatic N) is 5. The second-order valence-corrected chi connectivity index (χ2v) is 10.6. The summed E-state index contributed by atoms with van der Waals surface area (Å²) >= 11 is 6.72. The van der Waals surface area contributed by atoms with Crippen molar-refractivity contribution >= 4 is 44.0 Å². The van der Waals surface area contributed by atoms with Crippen LogP contribution in [0.5, 0.6) is 0 Å². The van der Waals surface area contributed by atoms with E-state index in [0.717, 1.165) is 21.2 Å². The van der Waals surface area contributed by atoms with Crippen LogP contribution in [0.3, 0.4) is 0 Å². The largest absolute Gasteiger partial charge is 0.338 e. The summed E-state index contributed by atoms with van der Waals surface area (Å²) in [6, 6.07) is 13.9. The summed E-state index contributed by atoms with van der Waals surface area (Å²) in [5.74, 6) is -0.0320. The van der Waals surface area contributed by atoms with Gasteiger partial charge in [0.05, 0.1) is 6.54 Å². The van der Waals surface area contributed by atoms with Crippen LogP contribution in [0.2, 0.25) is 5.02 Å². The summed E-state index contributed by atoms with van der Waals surface area (Å²) in [5, 5.41) is 14.5. The molecule has 1 amide bonds. The summed E-state index contributed by atoms with van der Waals surface area (Å²) < 4.78 is 31.7. The minimum Gasteiger partial charge on any atom is -0.338 e. The summed E-state index contributed by atoms with van der Waals surface area (Å²) in [6.07, 6.45) is 0. The number of benzene rings is 2. The maximum absolute atomic E-state index is 12.9. The predicted octanol–water partition coefficient (Wildman–Crippen LogP) is 3.62. The van der Waals surface area contributed by atoms with Crippen molar-refractivity contribution in [3.8, 4) is 11.4 Å². The van der Waals surface area contributed by atoms with Gasteiger partial charge in [0.25, 0.3) is 15.9 Å². The summed E-state index contributed by atoms with van der Waals surface area (Å²) in [7, 11) is -2.66. The minimum absolute atomic E-state index is 0.0644. The van der Waals surface area contributed by atoms with Crippen molar-refractivity contribution in [3.05, 3.63) is 70.6 Å². The summed E-state index contributed by atoms with van der Waals surface area (Å²) in [4.78, 5) is 16.6. The van der Waals surface area contributed by atoms with Crippen LogP contribution in [-0.4, -0.2) is 46.0 Å². The maximum atomic E-state index is 12.9. The Balaban J connectivity index is 1.45. The highest BCUT2D eigenvalue weighted by Crippen LogP contribution is 2.25. The lowest BCUT2D eigenvalue weighted by atomic mass is 10.1. The van der Waals surface area contributed by atoms with Crippen molar-refractivity contribution in [1.29, 1.82) is 0 Å². The average Bonchev–Trinajstić information content (AvgIpc) is 3.44. The van der Waals surface area contributed by atoms with Crippen LogP contribution in [0.1, 0.15) is 21.8 Å². The quantitative estimate of drug-likeness (QED) is 0.377. The highest BCUT2D eigenvalue weighted by molar-refractivity contribution is 7.91. The van der Waals surface area contributed by atoms with Gasteiger partial charge in [-0.25, -0.2) is 8.42 Å². The molecule has 10 nitrogen and oxygen atoms in total. The van der Waals surface area contributed by atoms with E-state index in [1.165, 1.54) is 7.05 Å². The number of anilines is 1. The van der Waals surface area contributed by atoms with Crippen LogP contribution in [-0.2, 0) is 16.6 Å². The van der Waals surface area contributed by atoms with Crippen molar-refractivity contribution in [1.82, 2.24) is 24.6 Å². The van der Waals surface area contributed by atoms with Crippen molar-refractivity contribution in [2.24, 2.45) is 0 Å². The first kappa shape index (κ1) is 23.0. The van der Waals surface area contributed by atoms with E-state index in [9.17, 15) is 13.2 Å². The van der Waals surface area contributed by atoms with Gasteiger partial charge in [0.2, 0.25) is 21.2 Å². The molecule has 0 radical (unpaired) electrons. The third-order valence-corrected chi connectivity index (χ3v) is 7.67. The zero-order valence-electron chi connectivity index (χ0n) is 17.4. The monoisotopic (exact) mass is 504 g/mol. The Labute approximate surface area is 198 Å². The Kier molecular flexibility index (Phi) is 6.51. The molecule has 2 aromatic carbocycles. The fraction of sp³-hybridized carbons (Fsp3) is 0.150. The number of rotatable bonds is 7. The smallest absolute Gasteiger partial charge is 0.272 e. The first-order valence-corrected chi connectivity index (χ1v) is 12.1. The Morgan fingerprint density at radius 3 is 2.73 bits per heavy atom. The number of carbonyl (C=O) groups excluding carboxylic acids is 1. The van der Waals surface area contributed by atoms with Crippen LogP contribution in [0, 0.1) is 6.92 Å². The summed E-state index contributed by atoms with van der Waals surface area (Å²) in [6.45, 7) is 1.68. The number of carbonyl (C=O) groups is 1. The molecule has 4 aromatic rings. The molecule has 170 valence electrons. The van der Waals surface area contributed by atoms with Crippen LogP contribution in [0.25, 0.3) is 11.4 Å². The van der Waals surface area contributed by atoms with Gasteiger partial charge in [-0.05, 0) is 31.2 Å². The van der Waals surface area contributed by atoms with Gasteiger partial charge in [0.15, 0.2) is 0 Å². The van der Waals surface area contributed by atoms with Crippen LogP contribution in [0.15, 0.2) is 57.4 Å². The van der Waals surface area contributed by atoms with Gasteiger partial charge in [-0.1, -0.05) is 57.9 Å². The van der Waals surface area contributed by atoms with E-state index in [2.05, 4.69) is 25.7 Å². The molecule has 33 heavy (non-hydrogen) atoms. The van der Waals surface area contributed by atoms with E-state index in [4.69, 9.17) is 16.1 Å². The van der Waals surface area contributed by atoms with Crippen molar-refractivity contribution in [2.45, 2.75) is 17.8 Å². The number of hydrogen-bond acceptors (Lipinski definition) is 9. The topological polar surface area (TPSA) is 131 Å². The number of hydrogen-bond donors (Lipinski definition) is 1. The minimum atomic E-state index is -4.01. The number of nitrogens with one attached hydrogen (secondary N) is 1. The number of aromatic nitrogens is 4.